The SMILES string of the molecule is COC(=O)[C@H](Cc1ccc(OC)c(OC)c1)NC(=O)[C@@H](N)CC(=O)O. The molecule has 0 aliphatic rings. The second kappa shape index (κ2) is 9.48. The molecule has 0 aliphatic heterocycles. The Bertz CT molecular complexity index is 633. The number of ether oxygens (including phenoxy) is 3. The van der Waals surface area contributed by atoms with Gasteiger partial charge in [0.25, 0.3) is 0 Å². The largest absolute Gasteiger partial charge is 0.493 e. The van der Waals surface area contributed by atoms with Gasteiger partial charge in [-0.25, -0.2) is 4.79 Å². The number of hydrogen-bond donors (Lipinski definition) is 3. The van der Waals surface area contributed by atoms with Crippen molar-refractivity contribution in [3.63, 3.8) is 0 Å². The molecular formula is C16H22N2O7. The Kier molecular flexibility index (Phi) is 7.67. The molecule has 1 aromatic carbocycles. The number of rotatable bonds is 9. The third-order valence-corrected chi connectivity index (χ3v) is 3.42. The average molecular weight is 354 g/mol. The summed E-state index contributed by atoms with van der Waals surface area (Å²) in [6.07, 6.45) is -0.436. The van der Waals surface area contributed by atoms with Crippen molar-refractivity contribution in [2.24, 2.45) is 5.73 Å². The van der Waals surface area contributed by atoms with Crippen LogP contribution in [0.4, 0.5) is 0 Å². The van der Waals surface area contributed by atoms with Crippen molar-refractivity contribution in [3.05, 3.63) is 23.8 Å². The van der Waals surface area contributed by atoms with Crippen LogP contribution in [0.15, 0.2) is 18.2 Å². The highest BCUT2D eigenvalue weighted by molar-refractivity contribution is 5.89. The molecule has 0 saturated heterocycles. The number of aliphatic carboxylic acids is 1. The van der Waals surface area contributed by atoms with E-state index in [4.69, 9.17) is 20.3 Å². The van der Waals surface area contributed by atoms with Gasteiger partial charge in [0.2, 0.25) is 5.91 Å². The minimum absolute atomic E-state index is 0.110. The molecule has 25 heavy (non-hydrogen) atoms. The zero-order valence-electron chi connectivity index (χ0n) is 14.3. The molecule has 0 radical (unpaired) electrons. The summed E-state index contributed by atoms with van der Waals surface area (Å²) in [6, 6.07) is 2.75. The second-order valence-corrected chi connectivity index (χ2v) is 5.18. The number of amides is 1. The topological polar surface area (TPSA) is 137 Å². The lowest BCUT2D eigenvalue weighted by molar-refractivity contribution is -0.145. The summed E-state index contributed by atoms with van der Waals surface area (Å²) in [5, 5.41) is 11.1. The number of carboxylic acid groups (broad SMARTS) is 1. The van der Waals surface area contributed by atoms with Crippen LogP contribution in [0.25, 0.3) is 0 Å². The molecule has 138 valence electrons. The number of hydrogen-bond acceptors (Lipinski definition) is 7. The highest BCUT2D eigenvalue weighted by Gasteiger charge is 2.26. The molecular weight excluding hydrogens is 332 g/mol. The Morgan fingerprint density at radius 2 is 1.80 bits per heavy atom. The minimum Gasteiger partial charge on any atom is -0.493 e. The quantitative estimate of drug-likeness (QED) is 0.514. The number of carbonyl (C=O) groups excluding carboxylic acids is 2. The van der Waals surface area contributed by atoms with E-state index in [9.17, 15) is 14.4 Å². The van der Waals surface area contributed by atoms with E-state index in [1.54, 1.807) is 18.2 Å². The fraction of sp³-hybridized carbons (Fsp3) is 0.438. The smallest absolute Gasteiger partial charge is 0.328 e. The van der Waals surface area contributed by atoms with E-state index >= 15 is 0 Å². The maximum Gasteiger partial charge on any atom is 0.328 e. The molecule has 0 saturated carbocycles. The average Bonchev–Trinajstić information content (AvgIpc) is 2.59. The summed E-state index contributed by atoms with van der Waals surface area (Å²) in [4.78, 5) is 34.5. The van der Waals surface area contributed by atoms with E-state index < -0.39 is 36.4 Å². The van der Waals surface area contributed by atoms with Crippen LogP contribution < -0.4 is 20.5 Å². The van der Waals surface area contributed by atoms with E-state index in [2.05, 4.69) is 10.1 Å². The van der Waals surface area contributed by atoms with Gasteiger partial charge < -0.3 is 30.4 Å². The van der Waals surface area contributed by atoms with Crippen molar-refractivity contribution < 1.29 is 33.7 Å². The van der Waals surface area contributed by atoms with Crippen LogP contribution in [0.3, 0.4) is 0 Å². The molecule has 0 heterocycles. The summed E-state index contributed by atoms with van der Waals surface area (Å²) >= 11 is 0. The first-order valence-corrected chi connectivity index (χ1v) is 7.38. The molecule has 0 aliphatic carbocycles. The van der Waals surface area contributed by atoms with Crippen molar-refractivity contribution in [2.45, 2.75) is 24.9 Å². The zero-order valence-corrected chi connectivity index (χ0v) is 14.3. The van der Waals surface area contributed by atoms with Crippen molar-refractivity contribution in [1.29, 1.82) is 0 Å². The van der Waals surface area contributed by atoms with Crippen LogP contribution in [-0.4, -0.2) is 56.4 Å². The molecule has 4 N–H and O–H groups in total. The van der Waals surface area contributed by atoms with Gasteiger partial charge in [-0.2, -0.15) is 0 Å². The summed E-state index contributed by atoms with van der Waals surface area (Å²) in [5.41, 5.74) is 6.18. The second-order valence-electron chi connectivity index (χ2n) is 5.18. The van der Waals surface area contributed by atoms with Crippen LogP contribution in [-0.2, 0) is 25.5 Å². The fourth-order valence-electron chi connectivity index (χ4n) is 2.14. The van der Waals surface area contributed by atoms with Crippen LogP contribution in [0.1, 0.15) is 12.0 Å². The molecule has 2 atom stereocenters. The van der Waals surface area contributed by atoms with Gasteiger partial charge in [-0.05, 0) is 17.7 Å². The van der Waals surface area contributed by atoms with Gasteiger partial charge in [-0.3, -0.25) is 9.59 Å². The van der Waals surface area contributed by atoms with Crippen LogP contribution in [0.2, 0.25) is 0 Å². The Labute approximate surface area is 145 Å². The van der Waals surface area contributed by atoms with Crippen molar-refractivity contribution in [1.82, 2.24) is 5.32 Å². The predicted octanol–water partition coefficient (Wildman–Crippen LogP) is -0.294. The summed E-state index contributed by atoms with van der Waals surface area (Å²) in [5.74, 6) is -1.65. The summed E-state index contributed by atoms with van der Waals surface area (Å²) in [7, 11) is 4.16. The lowest BCUT2D eigenvalue weighted by Crippen LogP contribution is -2.50. The van der Waals surface area contributed by atoms with Crippen molar-refractivity contribution in [2.75, 3.05) is 21.3 Å². The van der Waals surface area contributed by atoms with Gasteiger partial charge in [-0.15, -0.1) is 0 Å². The number of benzene rings is 1. The van der Waals surface area contributed by atoms with Gasteiger partial charge in [0.1, 0.15) is 6.04 Å². The lowest BCUT2D eigenvalue weighted by Gasteiger charge is -2.19. The monoisotopic (exact) mass is 354 g/mol. The molecule has 1 aromatic rings. The van der Waals surface area contributed by atoms with Gasteiger partial charge in [0.05, 0.1) is 33.8 Å². The Hall–Kier alpha value is -2.81. The van der Waals surface area contributed by atoms with E-state index in [1.807, 2.05) is 0 Å². The van der Waals surface area contributed by atoms with Crippen LogP contribution in [0.5, 0.6) is 11.5 Å². The summed E-state index contributed by atoms with van der Waals surface area (Å²) < 4.78 is 15.0. The predicted molar refractivity (Wildman–Crippen MR) is 87.4 cm³/mol. The van der Waals surface area contributed by atoms with E-state index in [0.717, 1.165) is 0 Å². The third-order valence-electron chi connectivity index (χ3n) is 3.42. The molecule has 0 unspecified atom stereocenters. The zero-order chi connectivity index (χ0) is 19.0. The minimum atomic E-state index is -1.27. The number of nitrogens with two attached hydrogens (primary N) is 1. The molecule has 0 bridgehead atoms. The number of carboxylic acids is 1. The highest BCUT2D eigenvalue weighted by Crippen LogP contribution is 2.28. The van der Waals surface area contributed by atoms with Crippen molar-refractivity contribution in [3.8, 4) is 11.5 Å². The first kappa shape index (κ1) is 20.2. The van der Waals surface area contributed by atoms with E-state index in [-0.39, 0.29) is 6.42 Å². The number of carbonyl (C=O) groups is 3. The maximum atomic E-state index is 12.0. The van der Waals surface area contributed by atoms with Crippen LogP contribution in [0, 0.1) is 0 Å². The Morgan fingerprint density at radius 1 is 1.16 bits per heavy atom. The first-order chi connectivity index (χ1) is 11.8. The van der Waals surface area contributed by atoms with Gasteiger partial charge in [0.15, 0.2) is 11.5 Å². The molecule has 1 rings (SSSR count). The van der Waals surface area contributed by atoms with Gasteiger partial charge in [0, 0.05) is 6.42 Å². The molecule has 0 fully saturated rings. The van der Waals surface area contributed by atoms with Gasteiger partial charge >= 0.3 is 11.9 Å². The molecule has 9 heteroatoms. The fourth-order valence-corrected chi connectivity index (χ4v) is 2.14. The molecule has 0 aromatic heterocycles. The van der Waals surface area contributed by atoms with Crippen molar-refractivity contribution >= 4 is 17.8 Å². The van der Waals surface area contributed by atoms with E-state index in [0.29, 0.717) is 17.1 Å². The molecule has 0 spiro atoms. The van der Waals surface area contributed by atoms with Gasteiger partial charge in [-0.1, -0.05) is 6.07 Å². The standard InChI is InChI=1S/C16H22N2O7/c1-23-12-5-4-9(7-13(12)24-2)6-11(16(22)25-3)18-15(21)10(17)8-14(19)20/h4-5,7,10-11H,6,8,17H2,1-3H3,(H,18,21)(H,19,20)/t10-,11-/m0/s1. The normalized spacial score (nSPS) is 12.6. The molecule has 9 nitrogen and oxygen atoms in total. The lowest BCUT2D eigenvalue weighted by atomic mass is 10.0. The third kappa shape index (κ3) is 5.96. The number of nitrogens with one attached hydrogen (secondary N) is 1. The molecule has 1 amide bonds. The summed E-state index contributed by atoms with van der Waals surface area (Å²) in [6.45, 7) is 0. The number of esters is 1. The van der Waals surface area contributed by atoms with Crippen LogP contribution >= 0.6 is 0 Å². The maximum absolute atomic E-state index is 12.0. The number of methoxy groups -OCH3 is 3. The first-order valence-electron chi connectivity index (χ1n) is 7.38. The Morgan fingerprint density at radius 3 is 2.32 bits per heavy atom. The highest BCUT2D eigenvalue weighted by atomic mass is 16.5. The van der Waals surface area contributed by atoms with E-state index in [1.165, 1.54) is 21.3 Å². The Balaban J connectivity index is 2.91.